The van der Waals surface area contributed by atoms with E-state index in [-0.39, 0.29) is 12.3 Å². The van der Waals surface area contributed by atoms with E-state index in [0.717, 1.165) is 23.4 Å². The van der Waals surface area contributed by atoms with Crippen molar-refractivity contribution in [1.29, 1.82) is 0 Å². The molecular weight excluding hydrogens is 286 g/mol. The van der Waals surface area contributed by atoms with Crippen LogP contribution in [0.1, 0.15) is 24.6 Å². The van der Waals surface area contributed by atoms with Gasteiger partial charge < -0.3 is 4.90 Å². The van der Waals surface area contributed by atoms with Crippen molar-refractivity contribution in [1.82, 2.24) is 9.97 Å². The fraction of sp³-hybridized carbons (Fsp3) is 0.312. The van der Waals surface area contributed by atoms with Crippen LogP contribution in [0.4, 0.5) is 5.69 Å². The highest BCUT2D eigenvalue weighted by atomic mass is 35.5. The highest BCUT2D eigenvalue weighted by molar-refractivity contribution is 6.30. The number of aryl methyl sites for hydroxylation is 1. The van der Waals surface area contributed by atoms with Gasteiger partial charge in [-0.05, 0) is 37.1 Å². The van der Waals surface area contributed by atoms with Crippen LogP contribution in [0.3, 0.4) is 0 Å². The summed E-state index contributed by atoms with van der Waals surface area (Å²) in [7, 11) is 0. The maximum Gasteiger partial charge on any atom is 0.231 e. The van der Waals surface area contributed by atoms with Crippen molar-refractivity contribution in [3.63, 3.8) is 0 Å². The summed E-state index contributed by atoms with van der Waals surface area (Å²) in [6.45, 7) is 4.59. The first-order valence-corrected chi connectivity index (χ1v) is 7.31. The molecule has 2 heterocycles. The van der Waals surface area contributed by atoms with Gasteiger partial charge in [-0.15, -0.1) is 0 Å². The van der Waals surface area contributed by atoms with Gasteiger partial charge in [0, 0.05) is 24.6 Å². The predicted octanol–water partition coefficient (Wildman–Crippen LogP) is 3.42. The lowest BCUT2D eigenvalue weighted by molar-refractivity contribution is -0.118. The van der Waals surface area contributed by atoms with Crippen LogP contribution in [-0.4, -0.2) is 22.4 Å². The number of rotatable bonds is 5. The average Bonchev–Trinajstić information content (AvgIpc) is 2.49. The maximum absolute atomic E-state index is 12.6. The van der Waals surface area contributed by atoms with Crippen molar-refractivity contribution in [2.45, 2.75) is 26.7 Å². The summed E-state index contributed by atoms with van der Waals surface area (Å²) in [6, 6.07) is 5.52. The van der Waals surface area contributed by atoms with Crippen LogP contribution in [-0.2, 0) is 11.2 Å². The average molecular weight is 304 g/mol. The second kappa shape index (κ2) is 7.18. The Labute approximate surface area is 129 Å². The van der Waals surface area contributed by atoms with E-state index in [2.05, 4.69) is 9.97 Å². The molecule has 0 radical (unpaired) electrons. The molecule has 0 aromatic carbocycles. The third-order valence-corrected chi connectivity index (χ3v) is 3.41. The Balaban J connectivity index is 2.21. The lowest BCUT2D eigenvalue weighted by Gasteiger charge is -2.22. The smallest absolute Gasteiger partial charge is 0.231 e. The monoisotopic (exact) mass is 303 g/mol. The molecule has 0 saturated carbocycles. The van der Waals surface area contributed by atoms with Crippen LogP contribution in [0.5, 0.6) is 0 Å². The van der Waals surface area contributed by atoms with Gasteiger partial charge in [0.2, 0.25) is 5.91 Å². The molecule has 2 rings (SSSR count). The van der Waals surface area contributed by atoms with Crippen molar-refractivity contribution in [2.24, 2.45) is 0 Å². The fourth-order valence-electron chi connectivity index (χ4n) is 2.12. The van der Waals surface area contributed by atoms with Gasteiger partial charge in [-0.2, -0.15) is 0 Å². The van der Waals surface area contributed by atoms with Crippen molar-refractivity contribution < 1.29 is 4.79 Å². The van der Waals surface area contributed by atoms with E-state index in [4.69, 9.17) is 11.6 Å². The molecule has 0 atom stereocenters. The van der Waals surface area contributed by atoms with Gasteiger partial charge in [0.15, 0.2) is 0 Å². The van der Waals surface area contributed by atoms with Crippen LogP contribution >= 0.6 is 11.6 Å². The lowest BCUT2D eigenvalue weighted by atomic mass is 10.1. The maximum atomic E-state index is 12.6. The molecule has 1 amide bonds. The number of anilines is 1. The number of aromatic nitrogens is 2. The van der Waals surface area contributed by atoms with Gasteiger partial charge >= 0.3 is 0 Å². The van der Waals surface area contributed by atoms with Crippen molar-refractivity contribution in [2.75, 3.05) is 11.4 Å². The summed E-state index contributed by atoms with van der Waals surface area (Å²) in [5.41, 5.74) is 2.50. The second-order valence-corrected chi connectivity index (χ2v) is 5.27. The Morgan fingerprint density at radius 1 is 1.38 bits per heavy atom. The molecule has 0 saturated heterocycles. The lowest BCUT2D eigenvalue weighted by Crippen LogP contribution is -2.33. The Hall–Kier alpha value is -1.94. The first-order chi connectivity index (χ1) is 10.1. The summed E-state index contributed by atoms with van der Waals surface area (Å²) in [4.78, 5) is 22.6. The van der Waals surface area contributed by atoms with Gasteiger partial charge in [0.05, 0.1) is 23.3 Å². The molecular formula is C16H18ClN3O. The third-order valence-electron chi connectivity index (χ3n) is 3.21. The topological polar surface area (TPSA) is 46.1 Å². The number of halogens is 1. The molecule has 0 spiro atoms. The predicted molar refractivity (Wildman–Crippen MR) is 84.6 cm³/mol. The first kappa shape index (κ1) is 15.4. The minimum Gasteiger partial charge on any atom is -0.311 e. The van der Waals surface area contributed by atoms with E-state index in [1.165, 1.54) is 0 Å². The summed E-state index contributed by atoms with van der Waals surface area (Å²) in [5.74, 6) is 0.0250. The molecule has 0 unspecified atom stereocenters. The Bertz CT molecular complexity index is 616. The minimum absolute atomic E-state index is 0.0250. The minimum atomic E-state index is 0.0250. The van der Waals surface area contributed by atoms with Crippen LogP contribution in [0.25, 0.3) is 0 Å². The molecule has 2 aromatic heterocycles. The zero-order valence-corrected chi connectivity index (χ0v) is 13.0. The standard InChI is InChI=1S/C16H18ClN3O/c1-3-7-20(15-5-4-6-18-11-15)16(21)9-13-8-14(17)10-19-12(13)2/h4-6,8,10-11H,3,7,9H2,1-2H3. The molecule has 0 aliphatic carbocycles. The first-order valence-electron chi connectivity index (χ1n) is 6.93. The van der Waals surface area contributed by atoms with E-state index in [1.807, 2.05) is 26.0 Å². The zero-order valence-electron chi connectivity index (χ0n) is 12.2. The van der Waals surface area contributed by atoms with E-state index in [0.29, 0.717) is 11.6 Å². The normalized spacial score (nSPS) is 10.4. The molecule has 5 heteroatoms. The summed E-state index contributed by atoms with van der Waals surface area (Å²) in [5, 5.41) is 0.548. The summed E-state index contributed by atoms with van der Waals surface area (Å²) >= 11 is 5.96. The zero-order chi connectivity index (χ0) is 15.2. The van der Waals surface area contributed by atoms with Crippen LogP contribution < -0.4 is 4.90 Å². The SMILES string of the molecule is CCCN(C(=O)Cc1cc(Cl)cnc1C)c1cccnc1. The Kier molecular flexibility index (Phi) is 5.28. The molecule has 4 nitrogen and oxygen atoms in total. The van der Waals surface area contributed by atoms with E-state index < -0.39 is 0 Å². The molecule has 0 N–H and O–H groups in total. The molecule has 0 bridgehead atoms. The number of carbonyl (C=O) groups is 1. The number of hydrogen-bond donors (Lipinski definition) is 0. The van der Waals surface area contributed by atoms with E-state index in [1.54, 1.807) is 29.6 Å². The van der Waals surface area contributed by atoms with E-state index >= 15 is 0 Å². The van der Waals surface area contributed by atoms with Gasteiger partial charge in [-0.25, -0.2) is 0 Å². The van der Waals surface area contributed by atoms with E-state index in [9.17, 15) is 4.79 Å². The Morgan fingerprint density at radius 2 is 2.19 bits per heavy atom. The highest BCUT2D eigenvalue weighted by Gasteiger charge is 2.17. The van der Waals surface area contributed by atoms with Crippen molar-refractivity contribution >= 4 is 23.2 Å². The van der Waals surface area contributed by atoms with Gasteiger partial charge in [0.1, 0.15) is 0 Å². The highest BCUT2D eigenvalue weighted by Crippen LogP contribution is 2.17. The summed E-state index contributed by atoms with van der Waals surface area (Å²) < 4.78 is 0. The Morgan fingerprint density at radius 3 is 2.86 bits per heavy atom. The largest absolute Gasteiger partial charge is 0.311 e. The van der Waals surface area contributed by atoms with Crippen LogP contribution in [0.2, 0.25) is 5.02 Å². The van der Waals surface area contributed by atoms with Gasteiger partial charge in [-0.3, -0.25) is 14.8 Å². The van der Waals surface area contributed by atoms with Crippen molar-refractivity contribution in [3.05, 3.63) is 53.1 Å². The number of carbonyl (C=O) groups excluding carboxylic acids is 1. The number of hydrogen-bond acceptors (Lipinski definition) is 3. The molecule has 110 valence electrons. The molecule has 21 heavy (non-hydrogen) atoms. The second-order valence-electron chi connectivity index (χ2n) is 4.83. The fourth-order valence-corrected chi connectivity index (χ4v) is 2.30. The molecule has 0 fully saturated rings. The van der Waals surface area contributed by atoms with Crippen molar-refractivity contribution in [3.8, 4) is 0 Å². The third kappa shape index (κ3) is 4.02. The van der Waals surface area contributed by atoms with Crippen LogP contribution in [0, 0.1) is 6.92 Å². The van der Waals surface area contributed by atoms with Crippen LogP contribution in [0.15, 0.2) is 36.8 Å². The number of amides is 1. The molecule has 0 aliphatic heterocycles. The number of nitrogens with zero attached hydrogens (tertiary/aromatic N) is 3. The van der Waals surface area contributed by atoms with Gasteiger partial charge in [0.25, 0.3) is 0 Å². The van der Waals surface area contributed by atoms with Gasteiger partial charge in [-0.1, -0.05) is 18.5 Å². The molecule has 0 aliphatic rings. The number of pyridine rings is 2. The molecule has 2 aromatic rings. The quantitative estimate of drug-likeness (QED) is 0.850. The summed E-state index contributed by atoms with van der Waals surface area (Å²) in [6.07, 6.45) is 6.16.